The topological polar surface area (TPSA) is 61.4 Å². The van der Waals surface area contributed by atoms with E-state index in [1.165, 1.54) is 6.07 Å². The summed E-state index contributed by atoms with van der Waals surface area (Å²) in [5.41, 5.74) is 0.426. The predicted molar refractivity (Wildman–Crippen MR) is 54.4 cm³/mol. The molecular formula is C10H11F3N2O2. The molecule has 0 saturated heterocycles. The number of aromatic hydroxyl groups is 1. The Morgan fingerprint density at radius 1 is 1.24 bits per heavy atom. The quantitative estimate of drug-likeness (QED) is 0.763. The summed E-state index contributed by atoms with van der Waals surface area (Å²) >= 11 is 0. The molecule has 0 saturated carbocycles. The van der Waals surface area contributed by atoms with Gasteiger partial charge in [0.15, 0.2) is 0 Å². The van der Waals surface area contributed by atoms with E-state index in [2.05, 4.69) is 5.32 Å². The molecule has 0 spiro atoms. The third-order valence-corrected chi connectivity index (χ3v) is 1.88. The summed E-state index contributed by atoms with van der Waals surface area (Å²) in [5.74, 6) is -0.0244. The average Bonchev–Trinajstić information content (AvgIpc) is 2.24. The fourth-order valence-corrected chi connectivity index (χ4v) is 1.08. The fourth-order valence-electron chi connectivity index (χ4n) is 1.08. The molecule has 0 aliphatic heterocycles. The normalized spacial score (nSPS) is 11.0. The number of amides is 2. The van der Waals surface area contributed by atoms with Crippen molar-refractivity contribution in [3.05, 3.63) is 29.8 Å². The number of phenols is 1. The highest BCUT2D eigenvalue weighted by molar-refractivity contribution is 5.73. The monoisotopic (exact) mass is 248 g/mol. The molecule has 1 rings (SSSR count). The SMILES string of the molecule is O=C(NCc1ccccc1O)NCC(F)(F)F. The lowest BCUT2D eigenvalue weighted by atomic mass is 10.2. The van der Waals surface area contributed by atoms with Crippen molar-refractivity contribution in [1.29, 1.82) is 0 Å². The highest BCUT2D eigenvalue weighted by Gasteiger charge is 2.27. The van der Waals surface area contributed by atoms with Gasteiger partial charge in [-0.3, -0.25) is 0 Å². The van der Waals surface area contributed by atoms with Gasteiger partial charge in [-0.1, -0.05) is 18.2 Å². The van der Waals surface area contributed by atoms with E-state index in [0.29, 0.717) is 5.56 Å². The van der Waals surface area contributed by atoms with Crippen molar-refractivity contribution in [2.75, 3.05) is 6.54 Å². The first-order valence-corrected chi connectivity index (χ1v) is 4.74. The van der Waals surface area contributed by atoms with Crippen LogP contribution in [0.3, 0.4) is 0 Å². The summed E-state index contributed by atoms with van der Waals surface area (Å²) in [6, 6.07) is 5.28. The van der Waals surface area contributed by atoms with Crippen LogP contribution in [0.25, 0.3) is 0 Å². The first kappa shape index (κ1) is 13.1. The maximum atomic E-state index is 11.8. The molecule has 0 atom stereocenters. The maximum absolute atomic E-state index is 11.8. The minimum absolute atomic E-state index is 0.0244. The van der Waals surface area contributed by atoms with Gasteiger partial charge < -0.3 is 15.7 Å². The van der Waals surface area contributed by atoms with E-state index in [1.807, 2.05) is 0 Å². The summed E-state index contributed by atoms with van der Waals surface area (Å²) < 4.78 is 35.3. The number of rotatable bonds is 3. The third-order valence-electron chi connectivity index (χ3n) is 1.88. The molecule has 0 heterocycles. The maximum Gasteiger partial charge on any atom is 0.405 e. The van der Waals surface area contributed by atoms with E-state index in [-0.39, 0.29) is 12.3 Å². The van der Waals surface area contributed by atoms with Crippen LogP contribution in [0.5, 0.6) is 5.75 Å². The molecule has 17 heavy (non-hydrogen) atoms. The molecule has 1 aromatic rings. The number of benzene rings is 1. The van der Waals surface area contributed by atoms with Crippen molar-refractivity contribution in [2.24, 2.45) is 0 Å². The van der Waals surface area contributed by atoms with E-state index in [1.54, 1.807) is 23.5 Å². The molecular weight excluding hydrogens is 237 g/mol. The van der Waals surface area contributed by atoms with Crippen LogP contribution < -0.4 is 10.6 Å². The molecule has 0 aliphatic rings. The van der Waals surface area contributed by atoms with Crippen LogP contribution in [0.2, 0.25) is 0 Å². The van der Waals surface area contributed by atoms with Crippen molar-refractivity contribution >= 4 is 6.03 Å². The molecule has 0 aromatic heterocycles. The first-order valence-electron chi connectivity index (χ1n) is 4.74. The Kier molecular flexibility index (Phi) is 4.19. The lowest BCUT2D eigenvalue weighted by Gasteiger charge is -2.10. The molecule has 2 amide bonds. The Morgan fingerprint density at radius 2 is 1.88 bits per heavy atom. The van der Waals surface area contributed by atoms with Gasteiger partial charge in [-0.25, -0.2) is 4.79 Å². The number of nitrogens with one attached hydrogen (secondary N) is 2. The zero-order chi connectivity index (χ0) is 12.9. The number of hydrogen-bond acceptors (Lipinski definition) is 2. The van der Waals surface area contributed by atoms with Gasteiger partial charge in [-0.15, -0.1) is 0 Å². The van der Waals surface area contributed by atoms with Crippen molar-refractivity contribution in [1.82, 2.24) is 10.6 Å². The van der Waals surface area contributed by atoms with Gasteiger partial charge in [-0.05, 0) is 6.07 Å². The third kappa shape index (κ3) is 5.10. The summed E-state index contributed by atoms with van der Waals surface area (Å²) in [7, 11) is 0. The van der Waals surface area contributed by atoms with Crippen LogP contribution in [0, 0.1) is 0 Å². The second kappa shape index (κ2) is 5.42. The van der Waals surface area contributed by atoms with Crippen LogP contribution in [0.15, 0.2) is 24.3 Å². The lowest BCUT2D eigenvalue weighted by molar-refractivity contribution is -0.122. The number of alkyl halides is 3. The molecule has 0 bridgehead atoms. The van der Waals surface area contributed by atoms with Crippen molar-refractivity contribution in [3.63, 3.8) is 0 Å². The molecule has 7 heteroatoms. The molecule has 94 valence electrons. The van der Waals surface area contributed by atoms with Gasteiger partial charge in [0.25, 0.3) is 0 Å². The van der Waals surface area contributed by atoms with E-state index in [4.69, 9.17) is 0 Å². The second-order valence-electron chi connectivity index (χ2n) is 3.28. The predicted octanol–water partition coefficient (Wildman–Crippen LogP) is 1.75. The number of para-hydroxylation sites is 1. The summed E-state index contributed by atoms with van der Waals surface area (Å²) in [4.78, 5) is 11.0. The summed E-state index contributed by atoms with van der Waals surface area (Å²) in [5, 5.41) is 13.2. The summed E-state index contributed by atoms with van der Waals surface area (Å²) in [6.45, 7) is -1.43. The van der Waals surface area contributed by atoms with Gasteiger partial charge in [-0.2, -0.15) is 13.2 Å². The standard InChI is InChI=1S/C10H11F3N2O2/c11-10(12,13)6-15-9(17)14-5-7-3-1-2-4-8(7)16/h1-4,16H,5-6H2,(H2,14,15,17). The van der Waals surface area contributed by atoms with Gasteiger partial charge in [0.2, 0.25) is 0 Å². The zero-order valence-electron chi connectivity index (χ0n) is 8.71. The van der Waals surface area contributed by atoms with E-state index in [0.717, 1.165) is 0 Å². The number of phenolic OH excluding ortho intramolecular Hbond substituents is 1. The Bertz CT molecular complexity index is 393. The number of halogens is 3. The van der Waals surface area contributed by atoms with E-state index < -0.39 is 18.8 Å². The van der Waals surface area contributed by atoms with E-state index >= 15 is 0 Å². The van der Waals surface area contributed by atoms with Crippen LogP contribution in [0.4, 0.5) is 18.0 Å². The molecule has 0 fully saturated rings. The zero-order valence-corrected chi connectivity index (χ0v) is 8.71. The van der Waals surface area contributed by atoms with Crippen molar-refractivity contribution in [2.45, 2.75) is 12.7 Å². The summed E-state index contributed by atoms with van der Waals surface area (Å²) in [6.07, 6.45) is -4.44. The molecule has 1 aromatic carbocycles. The fraction of sp³-hybridized carbons (Fsp3) is 0.300. The highest BCUT2D eigenvalue weighted by Crippen LogP contribution is 2.15. The van der Waals surface area contributed by atoms with Crippen molar-refractivity contribution in [3.8, 4) is 5.75 Å². The lowest BCUT2D eigenvalue weighted by Crippen LogP contribution is -2.40. The van der Waals surface area contributed by atoms with Crippen LogP contribution >= 0.6 is 0 Å². The number of hydrogen-bond donors (Lipinski definition) is 3. The molecule has 4 nitrogen and oxygen atoms in total. The second-order valence-corrected chi connectivity index (χ2v) is 3.28. The smallest absolute Gasteiger partial charge is 0.405 e. The Hall–Kier alpha value is -1.92. The first-order chi connectivity index (χ1) is 7.88. The molecule has 0 radical (unpaired) electrons. The van der Waals surface area contributed by atoms with Gasteiger partial charge >= 0.3 is 12.2 Å². The van der Waals surface area contributed by atoms with Gasteiger partial charge in [0, 0.05) is 12.1 Å². The van der Waals surface area contributed by atoms with Crippen LogP contribution in [0.1, 0.15) is 5.56 Å². The number of carbonyl (C=O) groups excluding carboxylic acids is 1. The van der Waals surface area contributed by atoms with Crippen molar-refractivity contribution < 1.29 is 23.1 Å². The molecule has 0 aliphatic carbocycles. The minimum Gasteiger partial charge on any atom is -0.508 e. The van der Waals surface area contributed by atoms with Gasteiger partial charge in [0.05, 0.1) is 0 Å². The number of carbonyl (C=O) groups is 1. The highest BCUT2D eigenvalue weighted by atomic mass is 19.4. The molecule has 3 N–H and O–H groups in total. The Morgan fingerprint density at radius 3 is 2.47 bits per heavy atom. The Balaban J connectivity index is 2.36. The average molecular weight is 248 g/mol. The minimum atomic E-state index is -4.44. The van der Waals surface area contributed by atoms with E-state index in [9.17, 15) is 23.1 Å². The van der Waals surface area contributed by atoms with Gasteiger partial charge in [0.1, 0.15) is 12.3 Å². The Labute approximate surface area is 95.4 Å². The van der Waals surface area contributed by atoms with Crippen LogP contribution in [-0.2, 0) is 6.54 Å². The van der Waals surface area contributed by atoms with Crippen LogP contribution in [-0.4, -0.2) is 23.9 Å². The largest absolute Gasteiger partial charge is 0.508 e. The molecule has 0 unspecified atom stereocenters. The number of urea groups is 1.